The molecule has 3 rings (SSSR count). The molecule has 8 nitrogen and oxygen atoms in total. The van der Waals surface area contributed by atoms with Crippen LogP contribution in [0, 0.1) is 17.8 Å². The van der Waals surface area contributed by atoms with Crippen molar-refractivity contribution in [2.45, 2.75) is 56.8 Å². The molecule has 0 aromatic heterocycles. The second-order valence-electron chi connectivity index (χ2n) is 6.81. The molecule has 1 saturated heterocycles. The Hall–Kier alpha value is -1.03. The highest BCUT2D eigenvalue weighted by Gasteiger charge is 2.49. The van der Waals surface area contributed by atoms with Crippen LogP contribution in [-0.2, 0) is 19.0 Å². The molecule has 0 aromatic carbocycles. The van der Waals surface area contributed by atoms with Gasteiger partial charge in [-0.3, -0.25) is 4.79 Å². The van der Waals surface area contributed by atoms with Gasteiger partial charge in [-0.05, 0) is 24.7 Å². The maximum Gasteiger partial charge on any atom is 0.205 e. The van der Waals surface area contributed by atoms with Crippen LogP contribution in [-0.4, -0.2) is 70.3 Å². The third-order valence-corrected chi connectivity index (χ3v) is 5.39. The van der Waals surface area contributed by atoms with Crippen LogP contribution in [0.25, 0.3) is 0 Å². The Morgan fingerprint density at radius 1 is 1.21 bits per heavy atom. The number of hydrogen-bond donors (Lipinski definition) is 4. The van der Waals surface area contributed by atoms with E-state index in [9.17, 15) is 25.2 Å². The number of carbonyl (C=O) groups is 1. The molecule has 1 aliphatic carbocycles. The maximum atomic E-state index is 11.2. The number of hydrogen-bond acceptors (Lipinski definition) is 8. The molecule has 24 heavy (non-hydrogen) atoms. The summed E-state index contributed by atoms with van der Waals surface area (Å²) in [6, 6.07) is 0. The Morgan fingerprint density at radius 3 is 2.62 bits per heavy atom. The molecule has 1 saturated carbocycles. The summed E-state index contributed by atoms with van der Waals surface area (Å²) >= 11 is 0. The monoisotopic (exact) mass is 344 g/mol. The zero-order valence-electron chi connectivity index (χ0n) is 13.4. The average molecular weight is 344 g/mol. The quantitative estimate of drug-likeness (QED) is 0.474. The molecule has 8 heteroatoms. The molecule has 2 fully saturated rings. The Bertz CT molecular complexity index is 492. The number of rotatable bonds is 4. The molecule has 0 spiro atoms. The largest absolute Gasteiger partial charge is 0.472 e. The minimum atomic E-state index is -1.50. The number of carbonyl (C=O) groups excluding carboxylic acids is 1. The third-order valence-electron chi connectivity index (χ3n) is 5.39. The van der Waals surface area contributed by atoms with Crippen molar-refractivity contribution in [3.8, 4) is 0 Å². The molecular weight excluding hydrogens is 320 g/mol. The summed E-state index contributed by atoms with van der Waals surface area (Å²) in [5, 5.41) is 39.0. The highest BCUT2D eigenvalue weighted by Crippen LogP contribution is 2.46. The minimum Gasteiger partial charge on any atom is -0.472 e. The molecule has 0 radical (unpaired) electrons. The van der Waals surface area contributed by atoms with Crippen molar-refractivity contribution < 1.29 is 39.4 Å². The van der Waals surface area contributed by atoms with E-state index < -0.39 is 43.6 Å². The van der Waals surface area contributed by atoms with E-state index >= 15 is 0 Å². The lowest BCUT2D eigenvalue weighted by Gasteiger charge is -2.43. The van der Waals surface area contributed by atoms with Crippen LogP contribution in [0.2, 0.25) is 0 Å². The summed E-state index contributed by atoms with van der Waals surface area (Å²) in [7, 11) is 0. The van der Waals surface area contributed by atoms with Crippen molar-refractivity contribution in [3.63, 3.8) is 0 Å². The normalized spacial score (nSPS) is 48.4. The molecule has 9 unspecified atom stereocenters. The first-order valence-electron chi connectivity index (χ1n) is 8.24. The summed E-state index contributed by atoms with van der Waals surface area (Å²) in [6.07, 6.45) is -3.47. The zero-order valence-corrected chi connectivity index (χ0v) is 13.4. The SMILES string of the molecule is CC1CCC2C(C=O)=COC(OC3OC(CO)C(O)C(O)C3O)C12. The van der Waals surface area contributed by atoms with Crippen molar-refractivity contribution in [2.24, 2.45) is 17.8 Å². The van der Waals surface area contributed by atoms with Gasteiger partial charge in [-0.2, -0.15) is 0 Å². The number of aliphatic hydroxyl groups excluding tert-OH is 4. The topological polar surface area (TPSA) is 126 Å². The fraction of sp³-hybridized carbons (Fsp3) is 0.812. The predicted molar refractivity (Wildman–Crippen MR) is 79.3 cm³/mol. The van der Waals surface area contributed by atoms with Crippen LogP contribution in [0.15, 0.2) is 11.8 Å². The van der Waals surface area contributed by atoms with E-state index in [1.165, 1.54) is 6.26 Å². The first-order valence-corrected chi connectivity index (χ1v) is 8.24. The van der Waals surface area contributed by atoms with Crippen LogP contribution < -0.4 is 0 Å². The van der Waals surface area contributed by atoms with Gasteiger partial charge in [0, 0.05) is 11.5 Å². The number of ether oxygens (including phenoxy) is 3. The highest BCUT2D eigenvalue weighted by molar-refractivity contribution is 5.74. The summed E-state index contributed by atoms with van der Waals surface area (Å²) in [4.78, 5) is 11.2. The number of allylic oxidation sites excluding steroid dienone is 1. The molecule has 3 aliphatic rings. The predicted octanol–water partition coefficient (Wildman–Crippen LogP) is -1.10. The Balaban J connectivity index is 1.75. The summed E-state index contributed by atoms with van der Waals surface area (Å²) < 4.78 is 16.6. The van der Waals surface area contributed by atoms with Crippen LogP contribution >= 0.6 is 0 Å². The lowest BCUT2D eigenvalue weighted by atomic mass is 9.84. The Labute approximate surface area is 139 Å². The summed E-state index contributed by atoms with van der Waals surface area (Å²) in [5.41, 5.74) is 0.595. The van der Waals surface area contributed by atoms with E-state index in [4.69, 9.17) is 14.2 Å². The number of aliphatic hydroxyl groups is 4. The van der Waals surface area contributed by atoms with Crippen LogP contribution in [0.5, 0.6) is 0 Å². The maximum absolute atomic E-state index is 11.2. The lowest BCUT2D eigenvalue weighted by molar-refractivity contribution is -0.342. The molecule has 0 amide bonds. The van der Waals surface area contributed by atoms with Gasteiger partial charge in [0.25, 0.3) is 0 Å². The van der Waals surface area contributed by atoms with Crippen LogP contribution in [0.1, 0.15) is 19.8 Å². The average Bonchev–Trinajstić information content (AvgIpc) is 2.98. The zero-order chi connectivity index (χ0) is 17.4. The molecule has 0 bridgehead atoms. The van der Waals surface area contributed by atoms with E-state index in [1.807, 2.05) is 6.92 Å². The second-order valence-corrected chi connectivity index (χ2v) is 6.81. The van der Waals surface area contributed by atoms with Gasteiger partial charge < -0.3 is 34.6 Å². The highest BCUT2D eigenvalue weighted by atomic mass is 16.8. The second kappa shape index (κ2) is 7.07. The van der Waals surface area contributed by atoms with E-state index in [1.54, 1.807) is 0 Å². The van der Waals surface area contributed by atoms with Gasteiger partial charge in [-0.15, -0.1) is 0 Å². The molecule has 4 N–H and O–H groups in total. The van der Waals surface area contributed by atoms with Crippen molar-refractivity contribution in [1.82, 2.24) is 0 Å². The van der Waals surface area contributed by atoms with E-state index in [-0.39, 0.29) is 17.8 Å². The van der Waals surface area contributed by atoms with Crippen molar-refractivity contribution >= 4 is 6.29 Å². The minimum absolute atomic E-state index is 0.0288. The first kappa shape index (κ1) is 17.8. The molecule has 136 valence electrons. The van der Waals surface area contributed by atoms with Crippen LogP contribution in [0.4, 0.5) is 0 Å². The van der Waals surface area contributed by atoms with Gasteiger partial charge in [0.1, 0.15) is 30.7 Å². The summed E-state index contributed by atoms with van der Waals surface area (Å²) in [6.45, 7) is 1.53. The number of fused-ring (bicyclic) bond motifs is 1. The van der Waals surface area contributed by atoms with Gasteiger partial charge in [0.05, 0.1) is 12.9 Å². The Morgan fingerprint density at radius 2 is 1.96 bits per heavy atom. The van der Waals surface area contributed by atoms with Crippen molar-refractivity contribution in [2.75, 3.05) is 6.61 Å². The fourth-order valence-electron chi connectivity index (χ4n) is 3.94. The van der Waals surface area contributed by atoms with E-state index in [0.29, 0.717) is 5.57 Å². The standard InChI is InChI=1S/C16H24O8/c1-7-2-3-9-8(4-17)6-22-15(11(7)9)24-16-14(21)13(20)12(19)10(5-18)23-16/h4,6-7,9-16,18-21H,2-3,5H2,1H3. The molecule has 0 aromatic rings. The van der Waals surface area contributed by atoms with Crippen LogP contribution in [0.3, 0.4) is 0 Å². The van der Waals surface area contributed by atoms with Gasteiger partial charge in [0.2, 0.25) is 6.29 Å². The van der Waals surface area contributed by atoms with Gasteiger partial charge in [0.15, 0.2) is 6.29 Å². The number of aldehydes is 1. The molecule has 2 heterocycles. The Kier molecular flexibility index (Phi) is 5.24. The van der Waals surface area contributed by atoms with Gasteiger partial charge in [-0.25, -0.2) is 0 Å². The lowest BCUT2D eigenvalue weighted by Crippen LogP contribution is -2.60. The van der Waals surface area contributed by atoms with E-state index in [2.05, 4.69) is 0 Å². The van der Waals surface area contributed by atoms with Crippen molar-refractivity contribution in [1.29, 1.82) is 0 Å². The fourth-order valence-corrected chi connectivity index (χ4v) is 3.94. The van der Waals surface area contributed by atoms with Gasteiger partial charge >= 0.3 is 0 Å². The van der Waals surface area contributed by atoms with E-state index in [0.717, 1.165) is 19.1 Å². The molecule has 2 aliphatic heterocycles. The molecule has 9 atom stereocenters. The summed E-state index contributed by atoms with van der Waals surface area (Å²) in [5.74, 6) is 0.220. The molecular formula is C16H24O8. The third kappa shape index (κ3) is 2.98. The smallest absolute Gasteiger partial charge is 0.205 e. The van der Waals surface area contributed by atoms with Gasteiger partial charge in [-0.1, -0.05) is 6.92 Å². The first-order chi connectivity index (χ1) is 11.5. The van der Waals surface area contributed by atoms with Crippen molar-refractivity contribution in [3.05, 3.63) is 11.8 Å².